The largest absolute Gasteiger partial charge is 0.399 e. The highest BCUT2D eigenvalue weighted by Gasteiger charge is 2.20. The van der Waals surface area contributed by atoms with Gasteiger partial charge in [-0.05, 0) is 47.4 Å². The molecule has 2 aromatic carbocycles. The third-order valence-corrected chi connectivity index (χ3v) is 5.84. The van der Waals surface area contributed by atoms with Gasteiger partial charge in [0, 0.05) is 50.2 Å². The van der Waals surface area contributed by atoms with E-state index in [9.17, 15) is 9.59 Å². The van der Waals surface area contributed by atoms with E-state index in [1.54, 1.807) is 6.92 Å². The molecular formula is C25H30N6O3. The summed E-state index contributed by atoms with van der Waals surface area (Å²) in [5, 5.41) is 13.6. The first-order chi connectivity index (χ1) is 16.2. The van der Waals surface area contributed by atoms with E-state index in [2.05, 4.69) is 46.5 Å². The summed E-state index contributed by atoms with van der Waals surface area (Å²) in [6.45, 7) is 11.0. The number of carbonyl (C=O) groups excluding carboxylic acids is 2. The van der Waals surface area contributed by atoms with Crippen LogP contribution in [0.1, 0.15) is 43.9 Å². The van der Waals surface area contributed by atoms with Gasteiger partial charge < -0.3 is 24.9 Å². The predicted molar refractivity (Wildman–Crippen MR) is 132 cm³/mol. The molecule has 3 aromatic rings. The molecule has 2 N–H and O–H groups in total. The van der Waals surface area contributed by atoms with Crippen molar-refractivity contribution in [1.29, 1.82) is 0 Å². The molecule has 1 aromatic heterocycles. The predicted octanol–water partition coefficient (Wildman–Crippen LogP) is 4.03. The summed E-state index contributed by atoms with van der Waals surface area (Å²) >= 11 is 0. The Balaban J connectivity index is 1.32. The van der Waals surface area contributed by atoms with Gasteiger partial charge in [0.2, 0.25) is 5.91 Å². The molecule has 2 amide bonds. The highest BCUT2D eigenvalue weighted by atomic mass is 16.4. The van der Waals surface area contributed by atoms with Crippen LogP contribution in [0.25, 0.3) is 0 Å². The number of carbonyl (C=O) groups is 2. The minimum absolute atomic E-state index is 0.0664. The number of hydrogen-bond acceptors (Lipinski definition) is 7. The van der Waals surface area contributed by atoms with Gasteiger partial charge in [-0.25, -0.2) is 0 Å². The van der Waals surface area contributed by atoms with Crippen molar-refractivity contribution in [2.45, 2.75) is 33.1 Å². The summed E-state index contributed by atoms with van der Waals surface area (Å²) in [4.78, 5) is 28.1. The fourth-order valence-electron chi connectivity index (χ4n) is 3.76. The maximum Gasteiger partial charge on any atom is 0.320 e. The van der Waals surface area contributed by atoms with E-state index in [4.69, 9.17) is 4.42 Å². The number of piperazine rings is 1. The molecule has 4 rings (SSSR count). The normalized spacial score (nSPS) is 14.1. The van der Waals surface area contributed by atoms with Crippen LogP contribution in [0.4, 0.5) is 23.1 Å². The second-order valence-corrected chi connectivity index (χ2v) is 9.36. The molecular weight excluding hydrogens is 432 g/mol. The lowest BCUT2D eigenvalue weighted by Crippen LogP contribution is -2.48. The van der Waals surface area contributed by atoms with Gasteiger partial charge in [0.05, 0.1) is 0 Å². The van der Waals surface area contributed by atoms with E-state index in [1.807, 2.05) is 53.4 Å². The van der Waals surface area contributed by atoms with Crippen LogP contribution < -0.4 is 15.5 Å². The molecule has 0 unspecified atom stereocenters. The molecule has 9 nitrogen and oxygen atoms in total. The molecule has 1 fully saturated rings. The summed E-state index contributed by atoms with van der Waals surface area (Å²) in [5.74, 6) is -0.500. The lowest BCUT2D eigenvalue weighted by molar-refractivity contribution is -0.129. The van der Waals surface area contributed by atoms with E-state index in [-0.39, 0.29) is 23.2 Å². The van der Waals surface area contributed by atoms with Gasteiger partial charge in [0.15, 0.2) is 0 Å². The maximum absolute atomic E-state index is 12.5. The third-order valence-electron chi connectivity index (χ3n) is 5.84. The van der Waals surface area contributed by atoms with Gasteiger partial charge in [-0.2, -0.15) is 0 Å². The highest BCUT2D eigenvalue weighted by Crippen LogP contribution is 2.25. The van der Waals surface area contributed by atoms with Gasteiger partial charge in [-0.1, -0.05) is 38.0 Å². The lowest BCUT2D eigenvalue weighted by Gasteiger charge is -2.35. The standard InChI is InChI=1S/C25H30N6O3/c1-17(32)30-13-15-31(16-14-30)21-11-9-19(10-12-21)26-22(33)23-28-29-24(34-23)27-20-7-5-18(6-8-20)25(2,3)4/h5-12H,13-16H2,1-4H3,(H,26,33)(H,27,29). The molecule has 1 saturated heterocycles. The number of aromatic nitrogens is 2. The Morgan fingerprint density at radius 2 is 1.50 bits per heavy atom. The van der Waals surface area contributed by atoms with E-state index in [0.29, 0.717) is 18.8 Å². The smallest absolute Gasteiger partial charge is 0.320 e. The zero-order valence-corrected chi connectivity index (χ0v) is 20.0. The van der Waals surface area contributed by atoms with Crippen LogP contribution >= 0.6 is 0 Å². The maximum atomic E-state index is 12.5. The van der Waals surface area contributed by atoms with E-state index in [0.717, 1.165) is 24.5 Å². The molecule has 1 aliphatic heterocycles. The Morgan fingerprint density at radius 1 is 0.882 bits per heavy atom. The van der Waals surface area contributed by atoms with Crippen LogP contribution in [0.15, 0.2) is 52.9 Å². The second-order valence-electron chi connectivity index (χ2n) is 9.36. The summed E-state index contributed by atoms with van der Waals surface area (Å²) in [6.07, 6.45) is 0. The van der Waals surface area contributed by atoms with Crippen molar-refractivity contribution in [1.82, 2.24) is 15.1 Å². The Hall–Kier alpha value is -3.88. The van der Waals surface area contributed by atoms with Gasteiger partial charge in [-0.3, -0.25) is 9.59 Å². The molecule has 1 aliphatic rings. The summed E-state index contributed by atoms with van der Waals surface area (Å²) in [7, 11) is 0. The van der Waals surface area contributed by atoms with Crippen molar-refractivity contribution in [2.24, 2.45) is 0 Å². The van der Waals surface area contributed by atoms with Crippen molar-refractivity contribution in [3.63, 3.8) is 0 Å². The first-order valence-electron chi connectivity index (χ1n) is 11.3. The second kappa shape index (κ2) is 9.54. The number of anilines is 4. The fraction of sp³-hybridized carbons (Fsp3) is 0.360. The fourth-order valence-corrected chi connectivity index (χ4v) is 3.76. The topological polar surface area (TPSA) is 104 Å². The SMILES string of the molecule is CC(=O)N1CCN(c2ccc(NC(=O)c3nnc(Nc4ccc(C(C)(C)C)cc4)o3)cc2)CC1. The average Bonchev–Trinajstić information content (AvgIpc) is 3.28. The first-order valence-corrected chi connectivity index (χ1v) is 11.3. The molecule has 0 aliphatic carbocycles. The van der Waals surface area contributed by atoms with Crippen molar-refractivity contribution in [2.75, 3.05) is 41.7 Å². The van der Waals surface area contributed by atoms with Crippen LogP contribution in [0.2, 0.25) is 0 Å². The van der Waals surface area contributed by atoms with Crippen molar-refractivity contribution < 1.29 is 14.0 Å². The zero-order chi connectivity index (χ0) is 24.3. The highest BCUT2D eigenvalue weighted by molar-refractivity contribution is 6.01. The quantitative estimate of drug-likeness (QED) is 0.590. The Bertz CT molecular complexity index is 1140. The number of rotatable bonds is 5. The molecule has 34 heavy (non-hydrogen) atoms. The minimum Gasteiger partial charge on any atom is -0.399 e. The summed E-state index contributed by atoms with van der Waals surface area (Å²) in [6, 6.07) is 15.7. The number of nitrogens with zero attached hydrogens (tertiary/aromatic N) is 4. The Kier molecular flexibility index (Phi) is 6.54. The van der Waals surface area contributed by atoms with Crippen LogP contribution in [0, 0.1) is 0 Å². The van der Waals surface area contributed by atoms with Crippen molar-refractivity contribution in [3.05, 3.63) is 60.0 Å². The van der Waals surface area contributed by atoms with E-state index in [1.165, 1.54) is 5.56 Å². The van der Waals surface area contributed by atoms with Crippen molar-refractivity contribution >= 4 is 34.9 Å². The van der Waals surface area contributed by atoms with Crippen LogP contribution in [-0.2, 0) is 10.2 Å². The molecule has 0 bridgehead atoms. The van der Waals surface area contributed by atoms with E-state index < -0.39 is 5.91 Å². The van der Waals surface area contributed by atoms with Crippen molar-refractivity contribution in [3.8, 4) is 0 Å². The lowest BCUT2D eigenvalue weighted by atomic mass is 9.87. The summed E-state index contributed by atoms with van der Waals surface area (Å²) in [5.41, 5.74) is 3.75. The van der Waals surface area contributed by atoms with Gasteiger partial charge in [0.1, 0.15) is 0 Å². The monoisotopic (exact) mass is 462 g/mol. The van der Waals surface area contributed by atoms with Crippen LogP contribution in [0.3, 0.4) is 0 Å². The minimum atomic E-state index is -0.480. The molecule has 0 saturated carbocycles. The number of amides is 2. The van der Waals surface area contributed by atoms with Gasteiger partial charge in [-0.15, -0.1) is 5.10 Å². The Morgan fingerprint density at radius 3 is 2.09 bits per heavy atom. The average molecular weight is 463 g/mol. The molecule has 2 heterocycles. The molecule has 0 radical (unpaired) electrons. The number of benzene rings is 2. The Labute approximate surface area is 199 Å². The molecule has 9 heteroatoms. The van der Waals surface area contributed by atoms with Crippen LogP contribution in [0.5, 0.6) is 0 Å². The number of nitrogens with one attached hydrogen (secondary N) is 2. The number of hydrogen-bond donors (Lipinski definition) is 2. The molecule has 0 atom stereocenters. The van der Waals surface area contributed by atoms with E-state index >= 15 is 0 Å². The summed E-state index contributed by atoms with van der Waals surface area (Å²) < 4.78 is 5.48. The molecule has 0 spiro atoms. The molecule has 178 valence electrons. The third kappa shape index (κ3) is 5.54. The van der Waals surface area contributed by atoms with Gasteiger partial charge in [0.25, 0.3) is 0 Å². The van der Waals surface area contributed by atoms with Gasteiger partial charge >= 0.3 is 17.8 Å². The zero-order valence-electron chi connectivity index (χ0n) is 20.0. The first kappa shape index (κ1) is 23.3. The van der Waals surface area contributed by atoms with Crippen LogP contribution in [-0.4, -0.2) is 53.1 Å².